The van der Waals surface area contributed by atoms with E-state index in [9.17, 15) is 14.7 Å². The van der Waals surface area contributed by atoms with E-state index in [4.69, 9.17) is 4.74 Å². The number of para-hydroxylation sites is 2. The number of nitrogens with zero attached hydrogens (tertiary/aromatic N) is 1. The molecule has 6 heteroatoms. The quantitative estimate of drug-likeness (QED) is 0.859. The molecule has 1 saturated carbocycles. The van der Waals surface area contributed by atoms with Crippen molar-refractivity contribution in [2.24, 2.45) is 0 Å². The number of hydrogen-bond acceptors (Lipinski definition) is 3. The molecule has 0 radical (unpaired) electrons. The number of carbonyl (C=O) groups excluding carboxylic acids is 1. The lowest BCUT2D eigenvalue weighted by Crippen LogP contribution is -2.55. The predicted octanol–water partition coefficient (Wildman–Crippen LogP) is 4.27. The topological polar surface area (TPSA) is 78.9 Å². The van der Waals surface area contributed by atoms with Gasteiger partial charge in [0.1, 0.15) is 5.75 Å². The summed E-state index contributed by atoms with van der Waals surface area (Å²) in [7, 11) is 0. The van der Waals surface area contributed by atoms with Crippen LogP contribution in [0.3, 0.4) is 0 Å². The van der Waals surface area contributed by atoms with Crippen molar-refractivity contribution in [1.82, 2.24) is 5.32 Å². The van der Waals surface area contributed by atoms with Crippen molar-refractivity contribution in [3.05, 3.63) is 60.7 Å². The highest BCUT2D eigenvalue weighted by molar-refractivity contribution is 5.87. The number of anilines is 1. The van der Waals surface area contributed by atoms with Gasteiger partial charge in [-0.3, -0.25) is 4.90 Å². The molecule has 136 valence electrons. The third-order valence-electron chi connectivity index (χ3n) is 4.56. The third-order valence-corrected chi connectivity index (χ3v) is 4.56. The summed E-state index contributed by atoms with van der Waals surface area (Å²) >= 11 is 0. The van der Waals surface area contributed by atoms with E-state index in [1.807, 2.05) is 12.1 Å². The van der Waals surface area contributed by atoms with Gasteiger partial charge in [0.2, 0.25) is 0 Å². The Kier molecular flexibility index (Phi) is 5.73. The molecule has 2 aromatic rings. The zero-order valence-electron chi connectivity index (χ0n) is 14.4. The highest BCUT2D eigenvalue weighted by Crippen LogP contribution is 2.28. The summed E-state index contributed by atoms with van der Waals surface area (Å²) in [4.78, 5) is 25.5. The van der Waals surface area contributed by atoms with Crippen LogP contribution < -0.4 is 15.0 Å². The number of nitrogens with one attached hydrogen (secondary N) is 1. The average molecular weight is 354 g/mol. The smallest absolute Gasteiger partial charge is 0.412 e. The first-order valence-electron chi connectivity index (χ1n) is 8.76. The van der Waals surface area contributed by atoms with E-state index >= 15 is 0 Å². The maximum atomic E-state index is 12.3. The molecule has 1 fully saturated rings. The number of benzene rings is 2. The second-order valence-corrected chi connectivity index (χ2v) is 6.29. The van der Waals surface area contributed by atoms with Gasteiger partial charge in [0.05, 0.1) is 12.1 Å². The van der Waals surface area contributed by atoms with E-state index in [1.54, 1.807) is 48.5 Å². The van der Waals surface area contributed by atoms with Gasteiger partial charge in [-0.05, 0) is 37.1 Å². The van der Waals surface area contributed by atoms with Crippen LogP contribution in [0.2, 0.25) is 0 Å². The summed E-state index contributed by atoms with van der Waals surface area (Å²) in [5.74, 6) is 0.454. The lowest BCUT2D eigenvalue weighted by Gasteiger charge is -2.38. The Morgan fingerprint density at radius 2 is 1.58 bits per heavy atom. The van der Waals surface area contributed by atoms with Crippen LogP contribution in [0.25, 0.3) is 0 Å². The van der Waals surface area contributed by atoms with E-state index in [0.717, 1.165) is 12.8 Å². The van der Waals surface area contributed by atoms with Gasteiger partial charge in [-0.1, -0.05) is 49.2 Å². The number of ether oxygens (including phenoxy) is 1. The maximum absolute atomic E-state index is 12.3. The van der Waals surface area contributed by atoms with Crippen LogP contribution in [0.15, 0.2) is 60.7 Å². The molecule has 2 amide bonds. The fraction of sp³-hybridized carbons (Fsp3) is 0.300. The van der Waals surface area contributed by atoms with Crippen molar-refractivity contribution in [2.45, 2.75) is 37.8 Å². The van der Waals surface area contributed by atoms with Crippen LogP contribution in [-0.2, 0) is 0 Å². The van der Waals surface area contributed by atoms with Crippen LogP contribution in [0.1, 0.15) is 25.7 Å². The molecule has 2 unspecified atom stereocenters. The fourth-order valence-corrected chi connectivity index (χ4v) is 3.40. The minimum Gasteiger partial charge on any atom is -0.465 e. The first kappa shape index (κ1) is 17.8. The Balaban J connectivity index is 1.74. The first-order chi connectivity index (χ1) is 12.6. The Morgan fingerprint density at radius 1 is 0.962 bits per heavy atom. The second-order valence-electron chi connectivity index (χ2n) is 6.29. The van der Waals surface area contributed by atoms with Crippen LogP contribution in [0.4, 0.5) is 15.3 Å². The van der Waals surface area contributed by atoms with Gasteiger partial charge in [-0.15, -0.1) is 0 Å². The van der Waals surface area contributed by atoms with Gasteiger partial charge < -0.3 is 15.2 Å². The summed E-state index contributed by atoms with van der Waals surface area (Å²) < 4.78 is 5.30. The van der Waals surface area contributed by atoms with Gasteiger partial charge >= 0.3 is 12.2 Å². The highest BCUT2D eigenvalue weighted by Gasteiger charge is 2.35. The Morgan fingerprint density at radius 3 is 2.23 bits per heavy atom. The molecule has 26 heavy (non-hydrogen) atoms. The summed E-state index contributed by atoms with van der Waals surface area (Å²) in [6.45, 7) is 0. The summed E-state index contributed by atoms with van der Waals surface area (Å²) in [6, 6.07) is 17.2. The van der Waals surface area contributed by atoms with Crippen molar-refractivity contribution in [3.63, 3.8) is 0 Å². The predicted molar refractivity (Wildman–Crippen MR) is 98.6 cm³/mol. The van der Waals surface area contributed by atoms with E-state index < -0.39 is 12.2 Å². The molecule has 0 bridgehead atoms. The highest BCUT2D eigenvalue weighted by atomic mass is 16.6. The van der Waals surface area contributed by atoms with Crippen molar-refractivity contribution in [1.29, 1.82) is 0 Å². The molecule has 0 spiro atoms. The summed E-state index contributed by atoms with van der Waals surface area (Å²) in [5.41, 5.74) is 0.607. The zero-order valence-corrected chi connectivity index (χ0v) is 14.4. The molecule has 1 aliphatic rings. The average Bonchev–Trinajstić information content (AvgIpc) is 2.65. The van der Waals surface area contributed by atoms with E-state index in [2.05, 4.69) is 5.32 Å². The first-order valence-corrected chi connectivity index (χ1v) is 8.76. The molecule has 1 aliphatic carbocycles. The fourth-order valence-electron chi connectivity index (χ4n) is 3.40. The van der Waals surface area contributed by atoms with E-state index in [1.165, 1.54) is 4.90 Å². The van der Waals surface area contributed by atoms with Gasteiger partial charge in [0.25, 0.3) is 0 Å². The largest absolute Gasteiger partial charge is 0.465 e. The summed E-state index contributed by atoms with van der Waals surface area (Å²) in [6.07, 6.45) is 1.68. The lowest BCUT2D eigenvalue weighted by molar-refractivity contribution is 0.179. The zero-order chi connectivity index (χ0) is 18.4. The standard InChI is InChI=1S/C20H22N2O4/c23-19(26-16-11-5-2-6-12-16)21-17-13-7-8-14-18(17)22(20(24)25)15-9-3-1-4-10-15/h1-6,9-12,17-18H,7-8,13-14H2,(H,21,23)(H,24,25). The Bertz CT molecular complexity index is 736. The number of carbonyl (C=O) groups is 2. The van der Waals surface area contributed by atoms with Gasteiger partial charge in [-0.2, -0.15) is 0 Å². The minimum atomic E-state index is -1.02. The van der Waals surface area contributed by atoms with Crippen LogP contribution in [0, 0.1) is 0 Å². The maximum Gasteiger partial charge on any atom is 0.412 e. The molecule has 0 aromatic heterocycles. The van der Waals surface area contributed by atoms with Crippen LogP contribution >= 0.6 is 0 Å². The molecular formula is C20H22N2O4. The molecule has 3 rings (SSSR count). The van der Waals surface area contributed by atoms with E-state index in [0.29, 0.717) is 24.3 Å². The second kappa shape index (κ2) is 8.38. The molecule has 6 nitrogen and oxygen atoms in total. The van der Waals surface area contributed by atoms with Crippen LogP contribution in [0.5, 0.6) is 5.75 Å². The molecular weight excluding hydrogens is 332 g/mol. The third kappa shape index (κ3) is 4.33. The summed E-state index contributed by atoms with van der Waals surface area (Å²) in [5, 5.41) is 12.6. The number of rotatable bonds is 4. The number of carboxylic acid groups (broad SMARTS) is 1. The van der Waals surface area contributed by atoms with Gasteiger partial charge in [-0.25, -0.2) is 9.59 Å². The molecule has 0 saturated heterocycles. The molecule has 0 heterocycles. The molecule has 0 aliphatic heterocycles. The molecule has 2 atom stereocenters. The Hall–Kier alpha value is -3.02. The van der Waals surface area contributed by atoms with Crippen molar-refractivity contribution >= 4 is 17.9 Å². The Labute approximate surface area is 152 Å². The van der Waals surface area contributed by atoms with Crippen LogP contribution in [-0.4, -0.2) is 29.4 Å². The van der Waals surface area contributed by atoms with Gasteiger partial charge in [0.15, 0.2) is 0 Å². The monoisotopic (exact) mass is 354 g/mol. The number of amides is 2. The van der Waals surface area contributed by atoms with Crippen molar-refractivity contribution in [2.75, 3.05) is 4.90 Å². The van der Waals surface area contributed by atoms with Crippen molar-refractivity contribution in [3.8, 4) is 5.75 Å². The SMILES string of the molecule is O=C(NC1CCCCC1N(C(=O)O)c1ccccc1)Oc1ccccc1. The normalized spacial score (nSPS) is 19.4. The molecule has 2 N–H and O–H groups in total. The molecule has 2 aromatic carbocycles. The lowest BCUT2D eigenvalue weighted by atomic mass is 9.89. The minimum absolute atomic E-state index is 0.295. The van der Waals surface area contributed by atoms with Gasteiger partial charge in [0, 0.05) is 5.69 Å². The van der Waals surface area contributed by atoms with Crippen molar-refractivity contribution < 1.29 is 19.4 Å². The van der Waals surface area contributed by atoms with E-state index in [-0.39, 0.29) is 12.1 Å². The number of hydrogen-bond donors (Lipinski definition) is 2.